The first kappa shape index (κ1) is 14.6. The molecule has 1 fully saturated rings. The summed E-state index contributed by atoms with van der Waals surface area (Å²) < 4.78 is 5.55. The molecule has 1 aliphatic carbocycles. The molecular formula is C14H21N3O3. The van der Waals surface area contributed by atoms with E-state index in [1.54, 1.807) is 6.07 Å². The lowest BCUT2D eigenvalue weighted by Crippen LogP contribution is -2.43. The smallest absolute Gasteiger partial charge is 0.311 e. The van der Waals surface area contributed by atoms with E-state index in [4.69, 9.17) is 4.74 Å². The standard InChI is InChI=1S/C14H21N3O3/c1-9(2)20-11-7-10(3)16-13(17-11)15-8-14(12(18)19)5-4-6-14/h7,9H,4-6,8H2,1-3H3,(H,18,19)(H,15,16,17). The Bertz CT molecular complexity index is 498. The van der Waals surface area contributed by atoms with E-state index in [-0.39, 0.29) is 6.10 Å². The number of nitrogens with zero attached hydrogens (tertiary/aromatic N) is 2. The molecule has 0 atom stereocenters. The lowest BCUT2D eigenvalue weighted by molar-refractivity contribution is -0.153. The predicted molar refractivity (Wildman–Crippen MR) is 74.9 cm³/mol. The number of carboxylic acids is 1. The topological polar surface area (TPSA) is 84.3 Å². The Morgan fingerprint density at radius 2 is 2.20 bits per heavy atom. The van der Waals surface area contributed by atoms with Crippen LogP contribution in [0.3, 0.4) is 0 Å². The van der Waals surface area contributed by atoms with Crippen molar-refractivity contribution in [3.63, 3.8) is 0 Å². The van der Waals surface area contributed by atoms with Gasteiger partial charge in [0.15, 0.2) is 0 Å². The molecule has 6 heteroatoms. The molecule has 0 radical (unpaired) electrons. The minimum Gasteiger partial charge on any atom is -0.481 e. The van der Waals surface area contributed by atoms with E-state index in [0.29, 0.717) is 31.2 Å². The van der Waals surface area contributed by atoms with Crippen LogP contribution in [0.25, 0.3) is 0 Å². The third-order valence-corrected chi connectivity index (χ3v) is 3.54. The van der Waals surface area contributed by atoms with E-state index in [0.717, 1.165) is 12.1 Å². The SMILES string of the molecule is Cc1cc(OC(C)C)nc(NCC2(C(=O)O)CCC2)n1. The van der Waals surface area contributed by atoms with Crippen molar-refractivity contribution in [3.8, 4) is 5.88 Å². The second-order valence-corrected chi connectivity index (χ2v) is 5.63. The minimum absolute atomic E-state index is 0.0362. The second-order valence-electron chi connectivity index (χ2n) is 5.63. The van der Waals surface area contributed by atoms with Crippen LogP contribution >= 0.6 is 0 Å². The first-order chi connectivity index (χ1) is 9.41. The van der Waals surface area contributed by atoms with Crippen molar-refractivity contribution in [2.24, 2.45) is 5.41 Å². The molecule has 2 N–H and O–H groups in total. The fourth-order valence-electron chi connectivity index (χ4n) is 2.24. The molecule has 0 aromatic carbocycles. The maximum absolute atomic E-state index is 11.3. The highest BCUT2D eigenvalue weighted by Crippen LogP contribution is 2.41. The fourth-order valence-corrected chi connectivity index (χ4v) is 2.24. The van der Waals surface area contributed by atoms with Crippen molar-refractivity contribution in [1.29, 1.82) is 0 Å². The zero-order chi connectivity index (χ0) is 14.8. The van der Waals surface area contributed by atoms with Crippen LogP contribution in [-0.2, 0) is 4.79 Å². The van der Waals surface area contributed by atoms with Gasteiger partial charge >= 0.3 is 5.97 Å². The van der Waals surface area contributed by atoms with Crippen molar-refractivity contribution in [1.82, 2.24) is 9.97 Å². The van der Waals surface area contributed by atoms with Gasteiger partial charge in [0, 0.05) is 18.3 Å². The molecule has 6 nitrogen and oxygen atoms in total. The Morgan fingerprint density at radius 1 is 1.50 bits per heavy atom. The number of aromatic nitrogens is 2. The van der Waals surface area contributed by atoms with Crippen LogP contribution < -0.4 is 10.1 Å². The molecule has 1 saturated carbocycles. The van der Waals surface area contributed by atoms with E-state index in [2.05, 4.69) is 15.3 Å². The van der Waals surface area contributed by atoms with Crippen LogP contribution in [0.4, 0.5) is 5.95 Å². The van der Waals surface area contributed by atoms with Crippen molar-refractivity contribution in [2.45, 2.75) is 46.1 Å². The molecule has 1 aromatic heterocycles. The van der Waals surface area contributed by atoms with Crippen LogP contribution in [-0.4, -0.2) is 33.7 Å². The van der Waals surface area contributed by atoms with E-state index in [1.165, 1.54) is 0 Å². The van der Waals surface area contributed by atoms with Crippen LogP contribution in [0.2, 0.25) is 0 Å². The van der Waals surface area contributed by atoms with Gasteiger partial charge in [0.2, 0.25) is 11.8 Å². The lowest BCUT2D eigenvalue weighted by atomic mass is 9.69. The van der Waals surface area contributed by atoms with Crippen molar-refractivity contribution in [2.75, 3.05) is 11.9 Å². The monoisotopic (exact) mass is 279 g/mol. The normalized spacial score (nSPS) is 16.6. The summed E-state index contributed by atoms with van der Waals surface area (Å²) in [7, 11) is 0. The molecule has 0 aliphatic heterocycles. The Hall–Kier alpha value is -1.85. The Morgan fingerprint density at radius 3 is 2.70 bits per heavy atom. The van der Waals surface area contributed by atoms with E-state index >= 15 is 0 Å². The average molecular weight is 279 g/mol. The lowest BCUT2D eigenvalue weighted by Gasteiger charge is -2.37. The molecule has 1 aromatic rings. The van der Waals surface area contributed by atoms with Crippen LogP contribution in [0.15, 0.2) is 6.07 Å². The van der Waals surface area contributed by atoms with Crippen molar-refractivity contribution >= 4 is 11.9 Å². The molecule has 0 unspecified atom stereocenters. The Balaban J connectivity index is 2.05. The minimum atomic E-state index is -0.748. The number of aliphatic carboxylic acids is 1. The average Bonchev–Trinajstić information content (AvgIpc) is 2.24. The van der Waals surface area contributed by atoms with Crippen LogP contribution in [0.5, 0.6) is 5.88 Å². The van der Waals surface area contributed by atoms with Crippen molar-refractivity contribution in [3.05, 3.63) is 11.8 Å². The van der Waals surface area contributed by atoms with Gasteiger partial charge in [-0.3, -0.25) is 4.79 Å². The maximum atomic E-state index is 11.3. The molecule has 0 spiro atoms. The molecule has 20 heavy (non-hydrogen) atoms. The van der Waals surface area contributed by atoms with E-state index < -0.39 is 11.4 Å². The Kier molecular flexibility index (Phi) is 4.11. The van der Waals surface area contributed by atoms with E-state index in [9.17, 15) is 9.90 Å². The van der Waals surface area contributed by atoms with Gasteiger partial charge in [0.05, 0.1) is 11.5 Å². The zero-order valence-corrected chi connectivity index (χ0v) is 12.1. The van der Waals surface area contributed by atoms with Gasteiger partial charge in [-0.05, 0) is 33.6 Å². The zero-order valence-electron chi connectivity index (χ0n) is 12.1. The number of carboxylic acid groups (broad SMARTS) is 1. The van der Waals surface area contributed by atoms with Gasteiger partial charge in [-0.25, -0.2) is 4.98 Å². The highest BCUT2D eigenvalue weighted by Gasteiger charge is 2.44. The molecular weight excluding hydrogens is 258 g/mol. The third-order valence-electron chi connectivity index (χ3n) is 3.54. The van der Waals surface area contributed by atoms with Gasteiger partial charge in [-0.1, -0.05) is 6.42 Å². The quantitative estimate of drug-likeness (QED) is 0.830. The molecule has 1 heterocycles. The summed E-state index contributed by atoms with van der Waals surface area (Å²) in [5, 5.41) is 12.3. The third kappa shape index (κ3) is 3.18. The maximum Gasteiger partial charge on any atom is 0.311 e. The first-order valence-electron chi connectivity index (χ1n) is 6.91. The molecule has 1 aliphatic rings. The number of hydrogen-bond donors (Lipinski definition) is 2. The van der Waals surface area contributed by atoms with E-state index in [1.807, 2.05) is 20.8 Å². The number of carbonyl (C=O) groups is 1. The van der Waals surface area contributed by atoms with Crippen LogP contribution in [0, 0.1) is 12.3 Å². The molecule has 0 amide bonds. The number of nitrogens with one attached hydrogen (secondary N) is 1. The summed E-state index contributed by atoms with van der Waals surface area (Å²) in [6, 6.07) is 1.77. The largest absolute Gasteiger partial charge is 0.481 e. The van der Waals surface area contributed by atoms with Gasteiger partial charge in [0.1, 0.15) is 0 Å². The summed E-state index contributed by atoms with van der Waals surface area (Å²) in [5.41, 5.74) is 0.128. The van der Waals surface area contributed by atoms with Crippen LogP contribution in [0.1, 0.15) is 38.8 Å². The summed E-state index contributed by atoms with van der Waals surface area (Å²) in [6.45, 7) is 6.07. The summed E-state index contributed by atoms with van der Waals surface area (Å²) in [5.74, 6) is 0.184. The van der Waals surface area contributed by atoms with Crippen molar-refractivity contribution < 1.29 is 14.6 Å². The predicted octanol–water partition coefficient (Wildman–Crippen LogP) is 2.24. The Labute approximate surface area is 118 Å². The number of rotatable bonds is 6. The number of anilines is 1. The molecule has 0 saturated heterocycles. The summed E-state index contributed by atoms with van der Waals surface area (Å²) in [4.78, 5) is 19.8. The number of aryl methyl sites for hydroxylation is 1. The molecule has 0 bridgehead atoms. The summed E-state index contributed by atoms with van der Waals surface area (Å²) in [6.07, 6.45) is 2.41. The number of ether oxygens (including phenoxy) is 1. The first-order valence-corrected chi connectivity index (χ1v) is 6.91. The number of hydrogen-bond acceptors (Lipinski definition) is 5. The second kappa shape index (κ2) is 5.64. The van der Waals surface area contributed by atoms with Gasteiger partial charge < -0.3 is 15.2 Å². The highest BCUT2D eigenvalue weighted by molar-refractivity contribution is 5.76. The highest BCUT2D eigenvalue weighted by atomic mass is 16.5. The van der Waals surface area contributed by atoms with Gasteiger partial charge in [0.25, 0.3) is 0 Å². The summed E-state index contributed by atoms with van der Waals surface area (Å²) >= 11 is 0. The fraction of sp³-hybridized carbons (Fsp3) is 0.643. The molecule has 110 valence electrons. The van der Waals surface area contributed by atoms with Gasteiger partial charge in [-0.2, -0.15) is 4.98 Å². The van der Waals surface area contributed by atoms with Gasteiger partial charge in [-0.15, -0.1) is 0 Å². The molecule has 2 rings (SSSR count).